The molecular weight excluding hydrogens is 221 g/mol. The molecule has 1 aliphatic rings. The Kier molecular flexibility index (Phi) is 4.18. The summed E-state index contributed by atoms with van der Waals surface area (Å²) in [5.74, 6) is 0.0607. The highest BCUT2D eigenvalue weighted by Crippen LogP contribution is 2.32. The molecule has 6 heteroatoms. The SMILES string of the molecule is CC(NCC(=O)N(C)CC(F)(F)F)C1CC1. The van der Waals surface area contributed by atoms with Gasteiger partial charge in [-0.2, -0.15) is 13.2 Å². The van der Waals surface area contributed by atoms with E-state index in [4.69, 9.17) is 0 Å². The first-order chi connectivity index (χ1) is 7.29. The van der Waals surface area contributed by atoms with Crippen molar-refractivity contribution < 1.29 is 18.0 Å². The van der Waals surface area contributed by atoms with E-state index in [1.807, 2.05) is 6.92 Å². The summed E-state index contributed by atoms with van der Waals surface area (Å²) in [5.41, 5.74) is 0. The molecule has 3 nitrogen and oxygen atoms in total. The molecule has 0 aromatic carbocycles. The fourth-order valence-corrected chi connectivity index (χ4v) is 1.50. The highest BCUT2D eigenvalue weighted by atomic mass is 19.4. The van der Waals surface area contributed by atoms with Gasteiger partial charge in [0.25, 0.3) is 0 Å². The molecule has 0 aromatic rings. The predicted octanol–water partition coefficient (Wildman–Crippen LogP) is 1.40. The van der Waals surface area contributed by atoms with Gasteiger partial charge >= 0.3 is 6.18 Å². The number of hydrogen-bond donors (Lipinski definition) is 1. The number of halogens is 3. The van der Waals surface area contributed by atoms with E-state index in [0.29, 0.717) is 10.8 Å². The lowest BCUT2D eigenvalue weighted by atomic mass is 10.2. The fraction of sp³-hybridized carbons (Fsp3) is 0.900. The van der Waals surface area contributed by atoms with Gasteiger partial charge in [-0.1, -0.05) is 0 Å². The van der Waals surface area contributed by atoms with Crippen molar-refractivity contribution in [2.45, 2.75) is 32.0 Å². The molecule has 0 heterocycles. The Hall–Kier alpha value is -0.780. The quantitative estimate of drug-likeness (QED) is 0.785. The summed E-state index contributed by atoms with van der Waals surface area (Å²) in [6.07, 6.45) is -2.05. The van der Waals surface area contributed by atoms with E-state index < -0.39 is 18.6 Å². The Morgan fingerprint density at radius 1 is 1.50 bits per heavy atom. The second-order valence-corrected chi connectivity index (χ2v) is 4.37. The van der Waals surface area contributed by atoms with Gasteiger partial charge in [0.15, 0.2) is 0 Å². The van der Waals surface area contributed by atoms with Crippen LogP contribution in [-0.2, 0) is 4.79 Å². The van der Waals surface area contributed by atoms with Crippen LogP contribution in [-0.4, -0.2) is 43.2 Å². The molecule has 1 N–H and O–H groups in total. The molecule has 0 radical (unpaired) electrons. The Bertz CT molecular complexity index is 251. The van der Waals surface area contributed by atoms with E-state index in [-0.39, 0.29) is 12.6 Å². The van der Waals surface area contributed by atoms with E-state index in [0.717, 1.165) is 12.8 Å². The summed E-state index contributed by atoms with van der Waals surface area (Å²) < 4.78 is 36.0. The van der Waals surface area contributed by atoms with E-state index >= 15 is 0 Å². The summed E-state index contributed by atoms with van der Waals surface area (Å²) in [4.78, 5) is 12.0. The minimum absolute atomic E-state index is 0.0236. The average molecular weight is 238 g/mol. The van der Waals surface area contributed by atoms with Gasteiger partial charge < -0.3 is 10.2 Å². The third-order valence-corrected chi connectivity index (χ3v) is 2.75. The molecule has 0 saturated heterocycles. The fourth-order valence-electron chi connectivity index (χ4n) is 1.50. The summed E-state index contributed by atoms with van der Waals surface area (Å²) in [6, 6.07) is 0.211. The topological polar surface area (TPSA) is 32.3 Å². The number of alkyl halides is 3. The van der Waals surface area contributed by atoms with E-state index in [2.05, 4.69) is 5.32 Å². The van der Waals surface area contributed by atoms with Crippen LogP contribution in [0.5, 0.6) is 0 Å². The van der Waals surface area contributed by atoms with Gasteiger partial charge in [-0.3, -0.25) is 4.79 Å². The lowest BCUT2D eigenvalue weighted by molar-refractivity contribution is -0.157. The van der Waals surface area contributed by atoms with E-state index in [9.17, 15) is 18.0 Å². The van der Waals surface area contributed by atoms with Crippen LogP contribution < -0.4 is 5.32 Å². The van der Waals surface area contributed by atoms with Crippen molar-refractivity contribution in [2.75, 3.05) is 20.1 Å². The van der Waals surface area contributed by atoms with Crippen LogP contribution in [0.25, 0.3) is 0 Å². The van der Waals surface area contributed by atoms with Crippen molar-refractivity contribution >= 4 is 5.91 Å². The minimum atomic E-state index is -4.33. The first-order valence-corrected chi connectivity index (χ1v) is 5.33. The Labute approximate surface area is 93.0 Å². The average Bonchev–Trinajstić information content (AvgIpc) is 2.93. The number of carbonyl (C=O) groups excluding carboxylic acids is 1. The Balaban J connectivity index is 2.22. The van der Waals surface area contributed by atoms with Gasteiger partial charge in [0, 0.05) is 13.1 Å². The van der Waals surface area contributed by atoms with Crippen molar-refractivity contribution in [3.8, 4) is 0 Å². The van der Waals surface area contributed by atoms with Gasteiger partial charge in [0.05, 0.1) is 6.54 Å². The zero-order valence-corrected chi connectivity index (χ0v) is 9.47. The van der Waals surface area contributed by atoms with Crippen LogP contribution in [0.2, 0.25) is 0 Å². The summed E-state index contributed by atoms with van der Waals surface area (Å²) in [5, 5.41) is 2.95. The molecule has 1 fully saturated rings. The lowest BCUT2D eigenvalue weighted by Gasteiger charge is -2.20. The molecule has 1 atom stereocenters. The van der Waals surface area contributed by atoms with Crippen LogP contribution in [0, 0.1) is 5.92 Å². The van der Waals surface area contributed by atoms with Crippen LogP contribution >= 0.6 is 0 Å². The van der Waals surface area contributed by atoms with Crippen molar-refractivity contribution in [1.82, 2.24) is 10.2 Å². The highest BCUT2D eigenvalue weighted by molar-refractivity contribution is 5.78. The second-order valence-electron chi connectivity index (χ2n) is 4.37. The molecule has 16 heavy (non-hydrogen) atoms. The predicted molar refractivity (Wildman–Crippen MR) is 53.9 cm³/mol. The maximum absolute atomic E-state index is 12.0. The normalized spacial score (nSPS) is 18.3. The third-order valence-electron chi connectivity index (χ3n) is 2.75. The van der Waals surface area contributed by atoms with Crippen LogP contribution in [0.15, 0.2) is 0 Å². The smallest absolute Gasteiger partial charge is 0.336 e. The number of hydrogen-bond acceptors (Lipinski definition) is 2. The van der Waals surface area contributed by atoms with Crippen LogP contribution in [0.3, 0.4) is 0 Å². The number of nitrogens with one attached hydrogen (secondary N) is 1. The van der Waals surface area contributed by atoms with Crippen molar-refractivity contribution in [2.24, 2.45) is 5.92 Å². The molecule has 1 unspecified atom stereocenters. The molecule has 0 aliphatic heterocycles. The molecule has 1 rings (SSSR count). The third kappa shape index (κ3) is 4.83. The molecule has 0 bridgehead atoms. The van der Waals surface area contributed by atoms with E-state index in [1.54, 1.807) is 0 Å². The lowest BCUT2D eigenvalue weighted by Crippen LogP contribution is -2.43. The van der Waals surface area contributed by atoms with Crippen LogP contribution in [0.4, 0.5) is 13.2 Å². The Morgan fingerprint density at radius 3 is 2.50 bits per heavy atom. The number of likely N-dealkylation sites (N-methyl/N-ethyl adjacent to an activating group) is 1. The van der Waals surface area contributed by atoms with Gasteiger partial charge in [0.2, 0.25) is 5.91 Å². The van der Waals surface area contributed by atoms with Gasteiger partial charge in [-0.05, 0) is 25.7 Å². The molecular formula is C10H17F3N2O. The monoisotopic (exact) mass is 238 g/mol. The Morgan fingerprint density at radius 2 is 2.06 bits per heavy atom. The standard InChI is InChI=1S/C10H17F3N2O/c1-7(8-3-4-8)14-5-9(16)15(2)6-10(11,12)13/h7-8,14H,3-6H2,1-2H3. The van der Waals surface area contributed by atoms with E-state index in [1.165, 1.54) is 7.05 Å². The first kappa shape index (κ1) is 13.3. The maximum atomic E-state index is 12.0. The zero-order valence-electron chi connectivity index (χ0n) is 9.47. The first-order valence-electron chi connectivity index (χ1n) is 5.33. The van der Waals surface area contributed by atoms with Crippen LogP contribution in [0.1, 0.15) is 19.8 Å². The molecule has 0 spiro atoms. The molecule has 94 valence electrons. The number of carbonyl (C=O) groups is 1. The molecule has 0 aromatic heterocycles. The summed E-state index contributed by atoms with van der Waals surface area (Å²) in [7, 11) is 1.17. The molecule has 1 amide bonds. The molecule has 1 saturated carbocycles. The zero-order chi connectivity index (χ0) is 12.3. The number of nitrogens with zero attached hydrogens (tertiary/aromatic N) is 1. The minimum Gasteiger partial charge on any atom is -0.336 e. The maximum Gasteiger partial charge on any atom is 0.406 e. The van der Waals surface area contributed by atoms with Gasteiger partial charge in [-0.15, -0.1) is 0 Å². The number of rotatable bonds is 5. The van der Waals surface area contributed by atoms with Crippen molar-refractivity contribution in [3.63, 3.8) is 0 Å². The summed E-state index contributed by atoms with van der Waals surface area (Å²) >= 11 is 0. The molecule has 1 aliphatic carbocycles. The largest absolute Gasteiger partial charge is 0.406 e. The highest BCUT2D eigenvalue weighted by Gasteiger charge is 2.32. The van der Waals surface area contributed by atoms with Crippen molar-refractivity contribution in [3.05, 3.63) is 0 Å². The van der Waals surface area contributed by atoms with Crippen molar-refractivity contribution in [1.29, 1.82) is 0 Å². The van der Waals surface area contributed by atoms with Gasteiger partial charge in [0.1, 0.15) is 6.54 Å². The van der Waals surface area contributed by atoms with Gasteiger partial charge in [-0.25, -0.2) is 0 Å². The number of amides is 1. The second kappa shape index (κ2) is 5.03. The summed E-state index contributed by atoms with van der Waals surface area (Å²) in [6.45, 7) is 0.740.